The number of carbonyl (C=O) groups excluding carboxylic acids is 1. The highest BCUT2D eigenvalue weighted by atomic mass is 127. The van der Waals surface area contributed by atoms with Gasteiger partial charge in [-0.2, -0.15) is 0 Å². The molecule has 88 valence electrons. The van der Waals surface area contributed by atoms with Crippen LogP contribution in [0.1, 0.15) is 17.3 Å². The molecule has 16 heavy (non-hydrogen) atoms. The molecule has 0 heterocycles. The SMILES string of the molecule is CC(CS(C)=O)NC(=O)c1cccc(I)c1. The standard InChI is InChI=1S/C11H14INO2S/c1-8(7-16(2)15)13-11(14)9-4-3-5-10(12)6-9/h3-6,8H,7H2,1-2H3,(H,13,14). The molecule has 0 radical (unpaired) electrons. The maximum absolute atomic E-state index is 11.8. The summed E-state index contributed by atoms with van der Waals surface area (Å²) in [6.07, 6.45) is 1.63. The summed E-state index contributed by atoms with van der Waals surface area (Å²) in [5.74, 6) is 0.367. The Morgan fingerprint density at radius 2 is 2.25 bits per heavy atom. The highest BCUT2D eigenvalue weighted by Crippen LogP contribution is 2.07. The lowest BCUT2D eigenvalue weighted by Gasteiger charge is -2.12. The number of rotatable bonds is 4. The van der Waals surface area contributed by atoms with Crippen molar-refractivity contribution in [2.45, 2.75) is 13.0 Å². The second kappa shape index (κ2) is 6.34. The van der Waals surface area contributed by atoms with Crippen molar-refractivity contribution in [1.82, 2.24) is 5.32 Å². The minimum Gasteiger partial charge on any atom is -0.349 e. The zero-order valence-corrected chi connectivity index (χ0v) is 12.2. The van der Waals surface area contributed by atoms with E-state index in [4.69, 9.17) is 0 Å². The molecular weight excluding hydrogens is 337 g/mol. The van der Waals surface area contributed by atoms with Crippen molar-refractivity contribution in [3.8, 4) is 0 Å². The van der Waals surface area contributed by atoms with Gasteiger partial charge < -0.3 is 5.32 Å². The van der Waals surface area contributed by atoms with Gasteiger partial charge in [-0.05, 0) is 47.7 Å². The molecular formula is C11H14INO2S. The van der Waals surface area contributed by atoms with E-state index in [0.29, 0.717) is 11.3 Å². The van der Waals surface area contributed by atoms with E-state index in [-0.39, 0.29) is 11.9 Å². The molecule has 0 saturated heterocycles. The molecule has 0 aliphatic heterocycles. The van der Waals surface area contributed by atoms with Gasteiger partial charge in [0.05, 0.1) is 0 Å². The lowest BCUT2D eigenvalue weighted by molar-refractivity contribution is 0.0943. The molecule has 0 fully saturated rings. The third-order valence-electron chi connectivity index (χ3n) is 1.95. The van der Waals surface area contributed by atoms with Gasteiger partial charge >= 0.3 is 0 Å². The van der Waals surface area contributed by atoms with Gasteiger partial charge in [0.2, 0.25) is 0 Å². The summed E-state index contributed by atoms with van der Waals surface area (Å²) in [6.45, 7) is 1.85. The average molecular weight is 351 g/mol. The molecule has 0 bridgehead atoms. The van der Waals surface area contributed by atoms with Crippen molar-refractivity contribution in [1.29, 1.82) is 0 Å². The van der Waals surface area contributed by atoms with E-state index in [9.17, 15) is 9.00 Å². The topological polar surface area (TPSA) is 46.2 Å². The molecule has 0 aliphatic rings. The summed E-state index contributed by atoms with van der Waals surface area (Å²) < 4.78 is 12.0. The van der Waals surface area contributed by atoms with Gasteiger partial charge in [0.15, 0.2) is 0 Å². The van der Waals surface area contributed by atoms with Gasteiger partial charge in [-0.3, -0.25) is 9.00 Å². The molecule has 1 N–H and O–H groups in total. The normalized spacial score (nSPS) is 14.2. The highest BCUT2D eigenvalue weighted by Gasteiger charge is 2.10. The van der Waals surface area contributed by atoms with Gasteiger partial charge in [-0.1, -0.05) is 6.07 Å². The molecule has 1 aromatic carbocycles. The van der Waals surface area contributed by atoms with Gasteiger partial charge in [-0.15, -0.1) is 0 Å². The first-order chi connectivity index (χ1) is 7.49. The van der Waals surface area contributed by atoms with Gasteiger partial charge in [0, 0.05) is 38.0 Å². The number of nitrogens with one attached hydrogen (secondary N) is 1. The first kappa shape index (κ1) is 13.6. The van der Waals surface area contributed by atoms with Crippen LogP contribution in [-0.2, 0) is 10.8 Å². The fourth-order valence-corrected chi connectivity index (χ4v) is 2.66. The summed E-state index contributed by atoms with van der Waals surface area (Å²) in [4.78, 5) is 11.8. The second-order valence-corrected chi connectivity index (χ2v) is 6.35. The molecule has 0 saturated carbocycles. The van der Waals surface area contributed by atoms with E-state index in [1.807, 2.05) is 25.1 Å². The molecule has 1 amide bonds. The first-order valence-corrected chi connectivity index (χ1v) is 7.66. The molecule has 0 aliphatic carbocycles. The van der Waals surface area contributed by atoms with Gasteiger partial charge in [-0.25, -0.2) is 0 Å². The smallest absolute Gasteiger partial charge is 0.251 e. The second-order valence-electron chi connectivity index (χ2n) is 3.62. The Morgan fingerprint density at radius 3 is 2.81 bits per heavy atom. The van der Waals surface area contributed by atoms with Crippen molar-refractivity contribution in [2.24, 2.45) is 0 Å². The summed E-state index contributed by atoms with van der Waals surface area (Å²) in [5, 5.41) is 2.82. The van der Waals surface area contributed by atoms with E-state index >= 15 is 0 Å². The molecule has 3 nitrogen and oxygen atoms in total. The average Bonchev–Trinajstić information content (AvgIpc) is 2.16. The lowest BCUT2D eigenvalue weighted by atomic mass is 10.2. The number of amides is 1. The summed E-state index contributed by atoms with van der Waals surface area (Å²) in [7, 11) is -0.889. The monoisotopic (exact) mass is 351 g/mol. The van der Waals surface area contributed by atoms with E-state index in [2.05, 4.69) is 27.9 Å². The molecule has 0 aromatic heterocycles. The number of hydrogen-bond acceptors (Lipinski definition) is 2. The Bertz CT molecular complexity index is 409. The molecule has 0 spiro atoms. The fourth-order valence-electron chi connectivity index (χ4n) is 1.33. The predicted octanol–water partition coefficient (Wildman–Crippen LogP) is 1.79. The maximum atomic E-state index is 11.8. The summed E-state index contributed by atoms with van der Waals surface area (Å²) in [6, 6.07) is 7.30. The van der Waals surface area contributed by atoms with Crippen LogP contribution in [0.5, 0.6) is 0 Å². The Balaban J connectivity index is 2.62. The van der Waals surface area contributed by atoms with Crippen LogP contribution < -0.4 is 5.32 Å². The molecule has 2 atom stereocenters. The van der Waals surface area contributed by atoms with E-state index in [0.717, 1.165) is 3.57 Å². The molecule has 2 unspecified atom stereocenters. The molecule has 1 rings (SSSR count). The van der Waals surface area contributed by atoms with Crippen molar-refractivity contribution in [3.05, 3.63) is 33.4 Å². The molecule has 5 heteroatoms. The van der Waals surface area contributed by atoms with Gasteiger partial charge in [0.25, 0.3) is 5.91 Å². The third kappa shape index (κ3) is 4.61. The van der Waals surface area contributed by atoms with Crippen LogP contribution in [0.3, 0.4) is 0 Å². The number of halogens is 1. The van der Waals surface area contributed by atoms with Crippen molar-refractivity contribution in [2.75, 3.05) is 12.0 Å². The Hall–Kier alpha value is -0.430. The maximum Gasteiger partial charge on any atom is 0.251 e. The van der Waals surface area contributed by atoms with Crippen LogP contribution in [0.2, 0.25) is 0 Å². The lowest BCUT2D eigenvalue weighted by Crippen LogP contribution is -2.36. The summed E-state index contributed by atoms with van der Waals surface area (Å²) in [5.41, 5.74) is 0.639. The number of benzene rings is 1. The minimum atomic E-state index is -0.889. The van der Waals surface area contributed by atoms with E-state index in [1.165, 1.54) is 0 Å². The number of hydrogen-bond donors (Lipinski definition) is 1. The number of carbonyl (C=O) groups is 1. The first-order valence-electron chi connectivity index (χ1n) is 4.85. The largest absolute Gasteiger partial charge is 0.349 e. The predicted molar refractivity (Wildman–Crippen MR) is 75.0 cm³/mol. The Kier molecular flexibility index (Phi) is 5.40. The Morgan fingerprint density at radius 1 is 1.56 bits per heavy atom. The van der Waals surface area contributed by atoms with Crippen LogP contribution >= 0.6 is 22.6 Å². The Labute approximate surface area is 112 Å². The van der Waals surface area contributed by atoms with Crippen LogP contribution in [0, 0.1) is 3.57 Å². The summed E-state index contributed by atoms with van der Waals surface area (Å²) >= 11 is 2.16. The fraction of sp³-hybridized carbons (Fsp3) is 0.364. The molecule has 1 aromatic rings. The highest BCUT2D eigenvalue weighted by molar-refractivity contribution is 14.1. The van der Waals surface area contributed by atoms with Crippen molar-refractivity contribution in [3.63, 3.8) is 0 Å². The van der Waals surface area contributed by atoms with Crippen LogP contribution in [0.25, 0.3) is 0 Å². The van der Waals surface area contributed by atoms with Crippen molar-refractivity contribution < 1.29 is 9.00 Å². The quantitative estimate of drug-likeness (QED) is 0.841. The van der Waals surface area contributed by atoms with Crippen LogP contribution in [0.4, 0.5) is 0 Å². The van der Waals surface area contributed by atoms with E-state index in [1.54, 1.807) is 12.3 Å². The van der Waals surface area contributed by atoms with Crippen molar-refractivity contribution >= 4 is 39.3 Å². The van der Waals surface area contributed by atoms with E-state index < -0.39 is 10.8 Å². The van der Waals surface area contributed by atoms with Crippen LogP contribution in [0.15, 0.2) is 24.3 Å². The zero-order valence-electron chi connectivity index (χ0n) is 9.20. The third-order valence-corrected chi connectivity index (χ3v) is 3.59. The van der Waals surface area contributed by atoms with Gasteiger partial charge in [0.1, 0.15) is 0 Å². The van der Waals surface area contributed by atoms with Crippen LogP contribution in [-0.4, -0.2) is 28.2 Å². The zero-order chi connectivity index (χ0) is 12.1. The minimum absolute atomic E-state index is 0.0730.